The normalized spacial score (nSPS) is 22.2. The third-order valence-corrected chi connectivity index (χ3v) is 11.3. The number of nitrogens with one attached hydrogen (secondary N) is 5. The van der Waals surface area contributed by atoms with Crippen LogP contribution in [0.3, 0.4) is 0 Å². The van der Waals surface area contributed by atoms with E-state index in [2.05, 4.69) is 26.6 Å². The fraction of sp³-hybridized carbons (Fsp3) is 0.289. The van der Waals surface area contributed by atoms with Crippen molar-refractivity contribution in [3.8, 4) is 11.1 Å². The summed E-state index contributed by atoms with van der Waals surface area (Å²) < 4.78 is 0. The third kappa shape index (κ3) is 11.7. The van der Waals surface area contributed by atoms with Crippen molar-refractivity contribution in [2.24, 2.45) is 0 Å². The summed E-state index contributed by atoms with van der Waals surface area (Å²) in [5.41, 5.74) is 5.60. The number of aliphatic carboxylic acids is 1. The van der Waals surface area contributed by atoms with E-state index < -0.39 is 59.7 Å². The highest BCUT2D eigenvalue weighted by Gasteiger charge is 2.33. The van der Waals surface area contributed by atoms with Gasteiger partial charge in [0.15, 0.2) is 0 Å². The number of carbonyl (C=O) groups excluding carboxylic acids is 5. The predicted octanol–water partition coefficient (Wildman–Crippen LogP) is 4.86. The molecule has 3 aliphatic rings. The van der Waals surface area contributed by atoms with Crippen molar-refractivity contribution >= 4 is 53.0 Å². The summed E-state index contributed by atoms with van der Waals surface area (Å²) in [6.07, 6.45) is 2.62. The van der Waals surface area contributed by atoms with Gasteiger partial charge in [0.2, 0.25) is 29.5 Å². The third-order valence-electron chi connectivity index (χ3n) is 10.2. The zero-order valence-electron chi connectivity index (χ0n) is 32.1. The van der Waals surface area contributed by atoms with Gasteiger partial charge in [-0.1, -0.05) is 97.1 Å². The molecule has 2 bridgehead atoms. The summed E-state index contributed by atoms with van der Waals surface area (Å²) in [5.74, 6) is -4.17. The first-order valence-corrected chi connectivity index (χ1v) is 20.3. The van der Waals surface area contributed by atoms with E-state index in [9.17, 15) is 33.9 Å². The van der Waals surface area contributed by atoms with Crippen molar-refractivity contribution in [3.63, 3.8) is 0 Å². The van der Waals surface area contributed by atoms with Crippen LogP contribution in [-0.2, 0) is 48.0 Å². The first-order valence-electron chi connectivity index (χ1n) is 19.3. The van der Waals surface area contributed by atoms with Gasteiger partial charge in [-0.05, 0) is 70.7 Å². The predicted molar refractivity (Wildman–Crippen MR) is 224 cm³/mol. The molecule has 7 rings (SSSR count). The molecule has 0 saturated heterocycles. The summed E-state index contributed by atoms with van der Waals surface area (Å²) in [6, 6.07) is 26.3. The van der Waals surface area contributed by atoms with E-state index in [-0.39, 0.29) is 43.8 Å². The molecule has 0 fully saturated rings. The van der Waals surface area contributed by atoms with E-state index in [0.717, 1.165) is 27.8 Å². The van der Waals surface area contributed by atoms with Crippen molar-refractivity contribution < 1.29 is 33.9 Å². The SMILES string of the molecule is Cc1ccccc1-c1ccc(C[C@@H]2NC(=O)[C@@H](CC3CC=CS3)NC(=O)CCC(=O)Nc3ccc(cc3)C[C@@H](C(=O)O)NC(=O)[C@@H](Cc3ccccc3)NC2=O)cc1. The van der Waals surface area contributed by atoms with Gasteiger partial charge in [-0.25, -0.2) is 4.79 Å². The van der Waals surface area contributed by atoms with Crippen molar-refractivity contribution in [1.29, 1.82) is 0 Å². The van der Waals surface area contributed by atoms with Crippen LogP contribution in [0, 0.1) is 6.92 Å². The van der Waals surface area contributed by atoms with Gasteiger partial charge in [0.1, 0.15) is 24.2 Å². The number of aryl methyl sites for hydroxylation is 1. The second kappa shape index (κ2) is 19.8. The highest BCUT2D eigenvalue weighted by Crippen LogP contribution is 2.28. The summed E-state index contributed by atoms with van der Waals surface area (Å²) in [7, 11) is 0. The zero-order chi connectivity index (χ0) is 41.0. The number of rotatable bonds is 8. The van der Waals surface area contributed by atoms with Crippen LogP contribution in [0.5, 0.6) is 0 Å². The number of benzene rings is 4. The average Bonchev–Trinajstić information content (AvgIpc) is 3.73. The molecule has 13 heteroatoms. The number of allylic oxidation sites excluding steroid dienone is 1. The summed E-state index contributed by atoms with van der Waals surface area (Å²) in [6.45, 7) is 2.02. The quantitative estimate of drug-likeness (QED) is 0.137. The van der Waals surface area contributed by atoms with Crippen LogP contribution < -0.4 is 26.6 Å². The number of thioether (sulfide) groups is 1. The molecular formula is C45H47N5O7S. The van der Waals surface area contributed by atoms with Crippen LogP contribution in [0.2, 0.25) is 0 Å². The van der Waals surface area contributed by atoms with Gasteiger partial charge < -0.3 is 31.7 Å². The fourth-order valence-corrected chi connectivity index (χ4v) is 7.96. The number of hydrogen-bond acceptors (Lipinski definition) is 7. The second-order valence-electron chi connectivity index (χ2n) is 14.6. The minimum Gasteiger partial charge on any atom is -0.480 e. The lowest BCUT2D eigenvalue weighted by Crippen LogP contribution is -2.59. The molecule has 4 aromatic carbocycles. The van der Waals surface area contributed by atoms with E-state index in [4.69, 9.17) is 0 Å². The summed E-state index contributed by atoms with van der Waals surface area (Å²) >= 11 is 1.54. The maximum absolute atomic E-state index is 14.4. The lowest BCUT2D eigenvalue weighted by Gasteiger charge is -2.27. The number of hydrogen-bond donors (Lipinski definition) is 6. The molecule has 0 spiro atoms. The standard InChI is InChI=1S/C45H47N5O7S/c1-28-8-5-6-12-35(28)32-17-13-30(14-18-32)25-37-42(53)48-36(24-29-9-3-2-4-10-29)43(54)50-39(45(56)57)26-31-15-19-33(20-16-31)46-40(51)21-22-41(52)47-38(44(55)49-37)27-34-11-7-23-58-34/h2-10,12-20,23,34,36-39H,11,21-22,24-27H2,1H3,(H,46,51)(H,47,52)(H,48,53)(H,49,55)(H,50,54)(H,56,57)/t34?,36-,37+,38-,39+/m1/s1. The number of amides is 5. The van der Waals surface area contributed by atoms with Crippen molar-refractivity contribution in [1.82, 2.24) is 21.3 Å². The van der Waals surface area contributed by atoms with E-state index in [1.54, 1.807) is 60.3 Å². The summed E-state index contributed by atoms with van der Waals surface area (Å²) in [4.78, 5) is 81.2. The van der Waals surface area contributed by atoms with Crippen LogP contribution in [0.15, 0.2) is 115 Å². The van der Waals surface area contributed by atoms with Gasteiger partial charge in [0, 0.05) is 43.0 Å². The molecule has 58 heavy (non-hydrogen) atoms. The van der Waals surface area contributed by atoms with E-state index in [0.29, 0.717) is 17.7 Å². The maximum atomic E-state index is 14.4. The van der Waals surface area contributed by atoms with Crippen molar-refractivity contribution in [2.45, 2.75) is 81.3 Å². The second-order valence-corrected chi connectivity index (χ2v) is 15.8. The number of carbonyl (C=O) groups is 6. The number of carboxylic acids is 1. The molecule has 300 valence electrons. The first-order chi connectivity index (χ1) is 28.0. The molecule has 1 unspecified atom stereocenters. The Kier molecular flexibility index (Phi) is 14.1. The number of anilines is 1. The smallest absolute Gasteiger partial charge is 0.326 e. The Labute approximate surface area is 341 Å². The Hall–Kier alpha value is -6.21. The average molecular weight is 802 g/mol. The van der Waals surface area contributed by atoms with Gasteiger partial charge >= 0.3 is 5.97 Å². The lowest BCUT2D eigenvalue weighted by molar-refractivity contribution is -0.142. The molecule has 3 aliphatic heterocycles. The molecule has 5 amide bonds. The molecule has 0 radical (unpaired) electrons. The van der Waals surface area contributed by atoms with Gasteiger partial charge in [-0.3, -0.25) is 24.0 Å². The Balaban J connectivity index is 1.33. The topological polar surface area (TPSA) is 183 Å². The van der Waals surface area contributed by atoms with Crippen molar-refractivity contribution in [3.05, 3.63) is 137 Å². The van der Waals surface area contributed by atoms with E-state index >= 15 is 0 Å². The molecule has 5 atom stereocenters. The Morgan fingerprint density at radius 1 is 0.672 bits per heavy atom. The minimum atomic E-state index is -1.35. The minimum absolute atomic E-state index is 0.000748. The largest absolute Gasteiger partial charge is 0.480 e. The van der Waals surface area contributed by atoms with Crippen LogP contribution in [0.1, 0.15) is 47.9 Å². The van der Waals surface area contributed by atoms with Crippen LogP contribution in [0.25, 0.3) is 11.1 Å². The molecule has 0 aliphatic carbocycles. The monoisotopic (exact) mass is 801 g/mol. The fourth-order valence-electron chi connectivity index (χ4n) is 6.99. The highest BCUT2D eigenvalue weighted by molar-refractivity contribution is 8.03. The van der Waals surface area contributed by atoms with Gasteiger partial charge in [-0.15, -0.1) is 11.8 Å². The molecule has 0 aromatic heterocycles. The zero-order valence-corrected chi connectivity index (χ0v) is 32.9. The lowest BCUT2D eigenvalue weighted by atomic mass is 9.97. The number of carboxylic acid groups (broad SMARTS) is 1. The molecule has 3 heterocycles. The molecule has 12 nitrogen and oxygen atoms in total. The summed E-state index contributed by atoms with van der Waals surface area (Å²) in [5, 5.41) is 26.0. The van der Waals surface area contributed by atoms with Crippen LogP contribution >= 0.6 is 11.8 Å². The van der Waals surface area contributed by atoms with Crippen molar-refractivity contribution in [2.75, 3.05) is 5.32 Å². The molecule has 0 saturated carbocycles. The first kappa shape index (κ1) is 41.4. The van der Waals surface area contributed by atoms with E-state index in [1.165, 1.54) is 0 Å². The van der Waals surface area contributed by atoms with Gasteiger partial charge in [0.05, 0.1) is 0 Å². The van der Waals surface area contributed by atoms with Gasteiger partial charge in [-0.2, -0.15) is 0 Å². The Morgan fingerprint density at radius 2 is 1.28 bits per heavy atom. The Bertz CT molecular complexity index is 2130. The number of fused-ring (bicyclic) bond motifs is 18. The van der Waals surface area contributed by atoms with E-state index in [1.807, 2.05) is 73.0 Å². The Morgan fingerprint density at radius 3 is 1.91 bits per heavy atom. The highest BCUT2D eigenvalue weighted by atomic mass is 32.2. The van der Waals surface area contributed by atoms with Crippen LogP contribution in [0.4, 0.5) is 5.69 Å². The van der Waals surface area contributed by atoms with Gasteiger partial charge in [0.25, 0.3) is 0 Å². The molecular weight excluding hydrogens is 755 g/mol. The maximum Gasteiger partial charge on any atom is 0.326 e. The molecule has 6 N–H and O–H groups in total. The molecule has 4 aromatic rings. The van der Waals surface area contributed by atoms with Crippen LogP contribution in [-0.4, -0.2) is 70.0 Å².